The SMILES string of the molecule is CCNc1ncccc1S(=O)(=O)Nc1cc(Br)ccc1C. The lowest BCUT2D eigenvalue weighted by Crippen LogP contribution is -2.16. The number of anilines is 2. The van der Waals surface area contributed by atoms with Crippen molar-refractivity contribution in [1.82, 2.24) is 4.98 Å². The van der Waals surface area contributed by atoms with E-state index in [2.05, 4.69) is 31.0 Å². The van der Waals surface area contributed by atoms with Crippen LogP contribution in [-0.4, -0.2) is 19.9 Å². The van der Waals surface area contributed by atoms with E-state index in [9.17, 15) is 8.42 Å². The Labute approximate surface area is 133 Å². The van der Waals surface area contributed by atoms with Gasteiger partial charge >= 0.3 is 0 Å². The molecule has 0 saturated carbocycles. The van der Waals surface area contributed by atoms with Gasteiger partial charge in [0.15, 0.2) is 0 Å². The summed E-state index contributed by atoms with van der Waals surface area (Å²) in [6.07, 6.45) is 1.56. The molecule has 1 heterocycles. The Balaban J connectivity index is 2.41. The molecule has 0 spiro atoms. The van der Waals surface area contributed by atoms with Gasteiger partial charge in [-0.25, -0.2) is 13.4 Å². The van der Waals surface area contributed by atoms with E-state index in [1.165, 1.54) is 6.07 Å². The summed E-state index contributed by atoms with van der Waals surface area (Å²) in [6, 6.07) is 8.57. The summed E-state index contributed by atoms with van der Waals surface area (Å²) in [4.78, 5) is 4.21. The van der Waals surface area contributed by atoms with Crippen molar-refractivity contribution in [3.8, 4) is 0 Å². The van der Waals surface area contributed by atoms with Crippen LogP contribution >= 0.6 is 15.9 Å². The number of hydrogen-bond donors (Lipinski definition) is 2. The van der Waals surface area contributed by atoms with Crippen LogP contribution in [0, 0.1) is 6.92 Å². The summed E-state index contributed by atoms with van der Waals surface area (Å²) in [5, 5.41) is 2.95. The van der Waals surface area contributed by atoms with Crippen LogP contribution in [0.5, 0.6) is 0 Å². The normalized spacial score (nSPS) is 11.2. The van der Waals surface area contributed by atoms with Gasteiger partial charge in [0.1, 0.15) is 10.7 Å². The van der Waals surface area contributed by atoms with Gasteiger partial charge in [-0.05, 0) is 43.7 Å². The highest BCUT2D eigenvalue weighted by Crippen LogP contribution is 2.25. The Hall–Kier alpha value is -1.60. The number of pyridine rings is 1. The van der Waals surface area contributed by atoms with E-state index in [-0.39, 0.29) is 4.90 Å². The monoisotopic (exact) mass is 369 g/mol. The predicted molar refractivity (Wildman–Crippen MR) is 88.1 cm³/mol. The van der Waals surface area contributed by atoms with Crippen molar-refractivity contribution in [2.45, 2.75) is 18.7 Å². The molecule has 1 aromatic carbocycles. The van der Waals surface area contributed by atoms with Gasteiger partial charge in [-0.1, -0.05) is 22.0 Å². The lowest BCUT2D eigenvalue weighted by molar-refractivity contribution is 0.601. The molecule has 0 atom stereocenters. The van der Waals surface area contributed by atoms with Gasteiger partial charge < -0.3 is 5.32 Å². The van der Waals surface area contributed by atoms with Crippen molar-refractivity contribution in [2.75, 3.05) is 16.6 Å². The molecule has 7 heteroatoms. The number of sulfonamides is 1. The molecule has 0 radical (unpaired) electrons. The van der Waals surface area contributed by atoms with Crippen LogP contribution in [-0.2, 0) is 10.0 Å². The smallest absolute Gasteiger partial charge is 0.265 e. The van der Waals surface area contributed by atoms with E-state index in [0.29, 0.717) is 18.1 Å². The molecule has 5 nitrogen and oxygen atoms in total. The summed E-state index contributed by atoms with van der Waals surface area (Å²) in [6.45, 7) is 4.32. The molecule has 1 aromatic heterocycles. The minimum atomic E-state index is -3.70. The zero-order chi connectivity index (χ0) is 15.5. The highest BCUT2D eigenvalue weighted by atomic mass is 79.9. The fourth-order valence-electron chi connectivity index (χ4n) is 1.81. The van der Waals surface area contributed by atoms with Crippen molar-refractivity contribution in [1.29, 1.82) is 0 Å². The second kappa shape index (κ2) is 6.44. The Bertz CT molecular complexity index is 748. The first-order chi connectivity index (χ1) is 9.94. The highest BCUT2D eigenvalue weighted by Gasteiger charge is 2.20. The first-order valence-corrected chi connectivity index (χ1v) is 8.69. The average Bonchev–Trinajstić information content (AvgIpc) is 2.43. The lowest BCUT2D eigenvalue weighted by atomic mass is 10.2. The van der Waals surface area contributed by atoms with Gasteiger partial charge in [-0.3, -0.25) is 4.72 Å². The predicted octanol–water partition coefficient (Wildman–Crippen LogP) is 3.39. The zero-order valence-corrected chi connectivity index (χ0v) is 14.1. The molecule has 2 rings (SSSR count). The first kappa shape index (κ1) is 15.8. The quantitative estimate of drug-likeness (QED) is 0.847. The minimum Gasteiger partial charge on any atom is -0.369 e. The van der Waals surface area contributed by atoms with Crippen molar-refractivity contribution in [3.05, 3.63) is 46.6 Å². The molecule has 0 aliphatic heterocycles. The maximum Gasteiger partial charge on any atom is 0.265 e. The third-order valence-corrected chi connectivity index (χ3v) is 4.74. The topological polar surface area (TPSA) is 71.1 Å². The molecule has 0 unspecified atom stereocenters. The Morgan fingerprint density at radius 2 is 2.05 bits per heavy atom. The van der Waals surface area contributed by atoms with E-state index in [1.807, 2.05) is 26.0 Å². The zero-order valence-electron chi connectivity index (χ0n) is 11.7. The van der Waals surface area contributed by atoms with Gasteiger partial charge in [0.25, 0.3) is 10.0 Å². The lowest BCUT2D eigenvalue weighted by Gasteiger charge is -2.13. The molecule has 0 aliphatic carbocycles. The average molecular weight is 370 g/mol. The summed E-state index contributed by atoms with van der Waals surface area (Å²) in [5.41, 5.74) is 1.38. The van der Waals surface area contributed by atoms with Crippen LogP contribution < -0.4 is 10.0 Å². The van der Waals surface area contributed by atoms with E-state index in [4.69, 9.17) is 0 Å². The van der Waals surface area contributed by atoms with Crippen LogP contribution in [0.4, 0.5) is 11.5 Å². The standard InChI is InChI=1S/C14H16BrN3O2S/c1-3-16-14-13(5-4-8-17-14)21(19,20)18-12-9-11(15)7-6-10(12)2/h4-9,18H,3H2,1-2H3,(H,16,17). The number of halogens is 1. The van der Waals surface area contributed by atoms with Crippen LogP contribution in [0.25, 0.3) is 0 Å². The molecule has 0 bridgehead atoms. The van der Waals surface area contributed by atoms with Gasteiger partial charge in [0.05, 0.1) is 5.69 Å². The second-order valence-corrected chi connectivity index (χ2v) is 7.01. The molecule has 2 N–H and O–H groups in total. The van der Waals surface area contributed by atoms with Crippen molar-refractivity contribution < 1.29 is 8.42 Å². The molecule has 0 fully saturated rings. The number of benzene rings is 1. The van der Waals surface area contributed by atoms with E-state index >= 15 is 0 Å². The molecule has 112 valence electrons. The fourth-order valence-corrected chi connectivity index (χ4v) is 3.43. The number of nitrogens with zero attached hydrogens (tertiary/aromatic N) is 1. The molecule has 0 aliphatic rings. The summed E-state index contributed by atoms with van der Waals surface area (Å²) >= 11 is 3.34. The maximum atomic E-state index is 12.6. The van der Waals surface area contributed by atoms with E-state index < -0.39 is 10.0 Å². The minimum absolute atomic E-state index is 0.131. The number of aryl methyl sites for hydroxylation is 1. The van der Waals surface area contributed by atoms with Crippen molar-refractivity contribution in [3.63, 3.8) is 0 Å². The van der Waals surface area contributed by atoms with E-state index in [0.717, 1.165) is 10.0 Å². The third kappa shape index (κ3) is 3.74. The van der Waals surface area contributed by atoms with Crippen molar-refractivity contribution in [2.24, 2.45) is 0 Å². The van der Waals surface area contributed by atoms with Crippen LogP contribution in [0.3, 0.4) is 0 Å². The fraction of sp³-hybridized carbons (Fsp3) is 0.214. The molecule has 21 heavy (non-hydrogen) atoms. The molecular weight excluding hydrogens is 354 g/mol. The number of hydrogen-bond acceptors (Lipinski definition) is 4. The van der Waals surface area contributed by atoms with Crippen LogP contribution in [0.1, 0.15) is 12.5 Å². The van der Waals surface area contributed by atoms with Gasteiger partial charge in [-0.2, -0.15) is 0 Å². The number of rotatable bonds is 5. The van der Waals surface area contributed by atoms with Gasteiger partial charge in [0.2, 0.25) is 0 Å². The highest BCUT2D eigenvalue weighted by molar-refractivity contribution is 9.10. The van der Waals surface area contributed by atoms with Crippen LogP contribution in [0.2, 0.25) is 0 Å². The summed E-state index contributed by atoms with van der Waals surface area (Å²) in [7, 11) is -3.70. The summed E-state index contributed by atoms with van der Waals surface area (Å²) < 4.78 is 28.5. The number of aromatic nitrogens is 1. The Morgan fingerprint density at radius 1 is 1.29 bits per heavy atom. The second-order valence-electron chi connectivity index (χ2n) is 4.45. The van der Waals surface area contributed by atoms with Crippen LogP contribution in [0.15, 0.2) is 45.9 Å². The summed E-state index contributed by atoms with van der Waals surface area (Å²) in [5.74, 6) is 0.347. The molecule has 0 saturated heterocycles. The molecular formula is C14H16BrN3O2S. The first-order valence-electron chi connectivity index (χ1n) is 6.42. The third-order valence-electron chi connectivity index (χ3n) is 2.85. The number of nitrogens with one attached hydrogen (secondary N) is 2. The molecule has 2 aromatic rings. The Kier molecular flexibility index (Phi) is 4.84. The van der Waals surface area contributed by atoms with E-state index in [1.54, 1.807) is 18.3 Å². The van der Waals surface area contributed by atoms with Crippen molar-refractivity contribution >= 4 is 37.5 Å². The molecule has 0 amide bonds. The Morgan fingerprint density at radius 3 is 2.76 bits per heavy atom. The van der Waals surface area contributed by atoms with Gasteiger partial charge in [-0.15, -0.1) is 0 Å². The van der Waals surface area contributed by atoms with Gasteiger partial charge in [0, 0.05) is 17.2 Å². The maximum absolute atomic E-state index is 12.6. The largest absolute Gasteiger partial charge is 0.369 e.